The highest BCUT2D eigenvalue weighted by atomic mass is 79.9. The van der Waals surface area contributed by atoms with Crippen molar-refractivity contribution in [3.05, 3.63) is 87.8 Å². The van der Waals surface area contributed by atoms with Crippen LogP contribution in [0.2, 0.25) is 0 Å². The zero-order valence-corrected chi connectivity index (χ0v) is 21.8. The van der Waals surface area contributed by atoms with E-state index in [1.54, 1.807) is 21.1 Å². The van der Waals surface area contributed by atoms with Gasteiger partial charge in [-0.2, -0.15) is 0 Å². The van der Waals surface area contributed by atoms with Crippen LogP contribution in [0.25, 0.3) is 5.57 Å². The van der Waals surface area contributed by atoms with Crippen molar-refractivity contribution < 1.29 is 9.59 Å². The Hall–Kier alpha value is -3.19. The van der Waals surface area contributed by atoms with Crippen molar-refractivity contribution in [2.45, 2.75) is 32.7 Å². The number of rotatable bonds is 10. The van der Waals surface area contributed by atoms with Gasteiger partial charge in [0.2, 0.25) is 6.41 Å². The van der Waals surface area contributed by atoms with Crippen LogP contribution in [0, 0.1) is 0 Å². The average molecular weight is 523 g/mol. The van der Waals surface area contributed by atoms with E-state index in [0.29, 0.717) is 36.7 Å². The Balaban J connectivity index is 2.13. The molecule has 3 rings (SSSR count). The predicted octanol–water partition coefficient (Wildman–Crippen LogP) is 5.39. The zero-order valence-electron chi connectivity index (χ0n) is 20.2. The number of hydrogen-bond acceptors (Lipinski definition) is 3. The number of aromatic nitrogens is 2. The van der Waals surface area contributed by atoms with Gasteiger partial charge in [0.1, 0.15) is 5.82 Å². The lowest BCUT2D eigenvalue weighted by Gasteiger charge is -2.17. The molecule has 34 heavy (non-hydrogen) atoms. The first-order valence-corrected chi connectivity index (χ1v) is 12.0. The fourth-order valence-electron chi connectivity index (χ4n) is 3.86. The molecule has 0 atom stereocenters. The maximum Gasteiger partial charge on any atom is 0.273 e. The van der Waals surface area contributed by atoms with Gasteiger partial charge < -0.3 is 14.4 Å². The van der Waals surface area contributed by atoms with E-state index in [1.807, 2.05) is 34.9 Å². The summed E-state index contributed by atoms with van der Waals surface area (Å²) in [5.74, 6) is 0.861. The van der Waals surface area contributed by atoms with Gasteiger partial charge in [-0.1, -0.05) is 72.3 Å². The molecule has 0 aliphatic carbocycles. The van der Waals surface area contributed by atoms with Crippen molar-refractivity contribution in [2.24, 2.45) is 0 Å². The molecule has 2 aromatic carbocycles. The van der Waals surface area contributed by atoms with Crippen LogP contribution >= 0.6 is 15.9 Å². The maximum absolute atomic E-state index is 13.2. The van der Waals surface area contributed by atoms with E-state index in [4.69, 9.17) is 4.98 Å². The van der Waals surface area contributed by atoms with E-state index in [9.17, 15) is 9.59 Å². The quantitative estimate of drug-likeness (QED) is 0.335. The summed E-state index contributed by atoms with van der Waals surface area (Å²) in [7, 11) is 5.02. The normalized spacial score (nSPS) is 10.7. The number of hydrogen-bond donors (Lipinski definition) is 0. The number of halogens is 1. The molecule has 0 bridgehead atoms. The monoisotopic (exact) mass is 522 g/mol. The van der Waals surface area contributed by atoms with Crippen LogP contribution in [0.15, 0.2) is 59.6 Å². The zero-order chi connectivity index (χ0) is 24.8. The summed E-state index contributed by atoms with van der Waals surface area (Å²) in [6.07, 6.45) is 3.17. The first kappa shape index (κ1) is 25.4. The van der Waals surface area contributed by atoms with Crippen molar-refractivity contribution in [3.63, 3.8) is 0 Å². The highest BCUT2D eigenvalue weighted by Gasteiger charge is 2.27. The molecule has 0 radical (unpaired) electrons. The Morgan fingerprint density at radius 2 is 1.82 bits per heavy atom. The van der Waals surface area contributed by atoms with Gasteiger partial charge in [0, 0.05) is 38.6 Å². The Morgan fingerprint density at radius 3 is 2.47 bits per heavy atom. The molecule has 2 amide bonds. The Bertz CT molecular complexity index is 1200. The third-order valence-corrected chi connectivity index (χ3v) is 6.10. The van der Waals surface area contributed by atoms with Gasteiger partial charge in [-0.05, 0) is 40.8 Å². The van der Waals surface area contributed by atoms with Gasteiger partial charge in [-0.25, -0.2) is 4.98 Å². The average Bonchev–Trinajstić information content (AvgIpc) is 3.15. The highest BCUT2D eigenvalue weighted by Crippen LogP contribution is 2.26. The summed E-state index contributed by atoms with van der Waals surface area (Å²) < 4.78 is 2.88. The second kappa shape index (κ2) is 11.3. The number of benzene rings is 2. The summed E-state index contributed by atoms with van der Waals surface area (Å²) >= 11 is 3.53. The van der Waals surface area contributed by atoms with Gasteiger partial charge >= 0.3 is 0 Å². The van der Waals surface area contributed by atoms with Crippen LogP contribution in [0.1, 0.15) is 52.8 Å². The van der Waals surface area contributed by atoms with E-state index < -0.39 is 0 Å². The standard InChI is InChI=1S/C27H31BrN4O2/c1-6-9-19(2)22-12-7-10-20(14-22)16-24-29-26(31(5)18-33)25(27(34)30(3)4)32(24)17-21-11-8-13-23(28)15-21/h7-8,10-15,18H,2,6,9,16-17H2,1,3-5H3. The molecule has 0 aliphatic heterocycles. The molecule has 0 spiro atoms. The van der Waals surface area contributed by atoms with Crippen molar-refractivity contribution in [2.75, 3.05) is 26.0 Å². The molecule has 1 aromatic heterocycles. The lowest BCUT2D eigenvalue weighted by Crippen LogP contribution is -2.28. The van der Waals surface area contributed by atoms with Crippen LogP contribution in [0.3, 0.4) is 0 Å². The Morgan fingerprint density at radius 1 is 1.12 bits per heavy atom. The molecule has 0 unspecified atom stereocenters. The van der Waals surface area contributed by atoms with E-state index in [2.05, 4.69) is 47.6 Å². The first-order valence-electron chi connectivity index (χ1n) is 11.3. The molecule has 6 nitrogen and oxygen atoms in total. The Labute approximate surface area is 210 Å². The third-order valence-electron chi connectivity index (χ3n) is 5.61. The smallest absolute Gasteiger partial charge is 0.273 e. The van der Waals surface area contributed by atoms with Gasteiger partial charge in [0.05, 0.1) is 0 Å². The number of allylic oxidation sites excluding steroid dienone is 1. The molecule has 0 saturated heterocycles. The molecular formula is C27H31BrN4O2. The summed E-state index contributed by atoms with van der Waals surface area (Å²) in [6.45, 7) is 6.81. The van der Waals surface area contributed by atoms with Crippen molar-refractivity contribution in [1.82, 2.24) is 14.5 Å². The molecule has 7 heteroatoms. The molecule has 0 saturated carbocycles. The van der Waals surface area contributed by atoms with Crippen LogP contribution < -0.4 is 4.90 Å². The van der Waals surface area contributed by atoms with Crippen molar-refractivity contribution in [1.29, 1.82) is 0 Å². The lowest BCUT2D eigenvalue weighted by molar-refractivity contribution is -0.107. The number of carbonyl (C=O) groups excluding carboxylic acids is 2. The first-order chi connectivity index (χ1) is 16.2. The summed E-state index contributed by atoms with van der Waals surface area (Å²) in [6, 6.07) is 16.2. The maximum atomic E-state index is 13.2. The van der Waals surface area contributed by atoms with Crippen LogP contribution in [0.5, 0.6) is 0 Å². The molecule has 1 heterocycles. The topological polar surface area (TPSA) is 58.4 Å². The minimum absolute atomic E-state index is 0.206. The summed E-state index contributed by atoms with van der Waals surface area (Å²) in [5, 5.41) is 0. The lowest BCUT2D eigenvalue weighted by atomic mass is 10.00. The number of nitrogens with zero attached hydrogens (tertiary/aromatic N) is 4. The van der Waals surface area contributed by atoms with Crippen LogP contribution in [-0.2, 0) is 17.8 Å². The van der Waals surface area contributed by atoms with Gasteiger partial charge in [0.15, 0.2) is 11.5 Å². The molecule has 0 aliphatic rings. The van der Waals surface area contributed by atoms with E-state index >= 15 is 0 Å². The Kier molecular flexibility index (Phi) is 8.45. The van der Waals surface area contributed by atoms with Crippen molar-refractivity contribution >= 4 is 39.6 Å². The van der Waals surface area contributed by atoms with E-state index in [1.165, 1.54) is 9.80 Å². The molecule has 0 fully saturated rings. The van der Waals surface area contributed by atoms with Crippen molar-refractivity contribution in [3.8, 4) is 0 Å². The second-order valence-corrected chi connectivity index (χ2v) is 9.48. The van der Waals surface area contributed by atoms with Crippen LogP contribution in [-0.4, -0.2) is 47.9 Å². The molecule has 3 aromatic rings. The third kappa shape index (κ3) is 5.83. The SMILES string of the molecule is C=C(CCC)c1cccc(Cc2nc(N(C)C=O)c(C(=O)N(C)C)n2Cc2cccc(Br)c2)c1. The number of anilines is 1. The molecule has 178 valence electrons. The largest absolute Gasteiger partial charge is 0.343 e. The number of imidazole rings is 1. The number of amides is 2. The molecular weight excluding hydrogens is 492 g/mol. The highest BCUT2D eigenvalue weighted by molar-refractivity contribution is 9.10. The van der Waals surface area contributed by atoms with E-state index in [0.717, 1.165) is 39.6 Å². The fraction of sp³-hybridized carbons (Fsp3) is 0.296. The van der Waals surface area contributed by atoms with Gasteiger partial charge in [-0.3, -0.25) is 9.59 Å². The fourth-order valence-corrected chi connectivity index (χ4v) is 4.30. The second-order valence-electron chi connectivity index (χ2n) is 8.56. The van der Waals surface area contributed by atoms with Crippen LogP contribution in [0.4, 0.5) is 5.82 Å². The number of carbonyl (C=O) groups is 2. The molecule has 0 N–H and O–H groups in total. The summed E-state index contributed by atoms with van der Waals surface area (Å²) in [4.78, 5) is 32.5. The van der Waals surface area contributed by atoms with E-state index in [-0.39, 0.29) is 5.91 Å². The predicted molar refractivity (Wildman–Crippen MR) is 141 cm³/mol. The van der Waals surface area contributed by atoms with Gasteiger partial charge in [0.25, 0.3) is 5.91 Å². The summed E-state index contributed by atoms with van der Waals surface area (Å²) in [5.41, 5.74) is 4.69. The minimum atomic E-state index is -0.206. The van der Waals surface area contributed by atoms with Gasteiger partial charge in [-0.15, -0.1) is 0 Å². The minimum Gasteiger partial charge on any atom is -0.343 e.